The summed E-state index contributed by atoms with van der Waals surface area (Å²) < 4.78 is 1.15. The third kappa shape index (κ3) is 2.23. The predicted molar refractivity (Wildman–Crippen MR) is 97.7 cm³/mol. The van der Waals surface area contributed by atoms with Crippen LogP contribution in [0.3, 0.4) is 0 Å². The second-order valence-corrected chi connectivity index (χ2v) is 6.58. The minimum absolute atomic E-state index is 0.821. The molecular formula is C20H13ClS. The number of thiophene rings is 1. The quantitative estimate of drug-likeness (QED) is 0.377. The van der Waals surface area contributed by atoms with E-state index in [-0.39, 0.29) is 0 Å². The molecule has 0 aliphatic heterocycles. The molecule has 0 saturated carbocycles. The molecule has 1 heterocycles. The van der Waals surface area contributed by atoms with Crippen LogP contribution >= 0.6 is 22.9 Å². The number of fused-ring (bicyclic) bond motifs is 1. The van der Waals surface area contributed by atoms with Gasteiger partial charge in [-0.25, -0.2) is 0 Å². The average Bonchev–Trinajstić information content (AvgIpc) is 2.97. The number of benzene rings is 3. The topological polar surface area (TPSA) is 0 Å². The summed E-state index contributed by atoms with van der Waals surface area (Å²) in [6.07, 6.45) is 0. The molecule has 3 aromatic carbocycles. The minimum atomic E-state index is 0.821. The highest BCUT2D eigenvalue weighted by Crippen LogP contribution is 2.46. The zero-order valence-electron chi connectivity index (χ0n) is 11.8. The van der Waals surface area contributed by atoms with Crippen LogP contribution in [0.25, 0.3) is 31.7 Å². The summed E-state index contributed by atoms with van der Waals surface area (Å²) in [6.45, 7) is 0. The molecule has 2 heteroatoms. The zero-order chi connectivity index (χ0) is 14.9. The highest BCUT2D eigenvalue weighted by molar-refractivity contribution is 7.23. The summed E-state index contributed by atoms with van der Waals surface area (Å²) in [4.78, 5) is 1.27. The van der Waals surface area contributed by atoms with Crippen molar-refractivity contribution in [1.82, 2.24) is 0 Å². The summed E-state index contributed by atoms with van der Waals surface area (Å²) >= 11 is 8.19. The van der Waals surface area contributed by atoms with Crippen molar-refractivity contribution in [1.29, 1.82) is 0 Å². The normalized spacial score (nSPS) is 11.0. The first-order valence-electron chi connectivity index (χ1n) is 7.16. The predicted octanol–water partition coefficient (Wildman–Crippen LogP) is 6.89. The van der Waals surface area contributed by atoms with Gasteiger partial charge in [-0.2, -0.15) is 0 Å². The van der Waals surface area contributed by atoms with E-state index in [0.717, 1.165) is 9.72 Å². The van der Waals surface area contributed by atoms with E-state index < -0.39 is 0 Å². The number of rotatable bonds is 2. The number of hydrogen-bond acceptors (Lipinski definition) is 1. The van der Waals surface area contributed by atoms with Gasteiger partial charge in [-0.05, 0) is 17.2 Å². The van der Waals surface area contributed by atoms with E-state index in [2.05, 4.69) is 54.6 Å². The van der Waals surface area contributed by atoms with Gasteiger partial charge in [0, 0.05) is 15.8 Å². The summed E-state index contributed by atoms with van der Waals surface area (Å²) in [5, 5.41) is 2.05. The second-order valence-electron chi connectivity index (χ2n) is 5.15. The fourth-order valence-corrected chi connectivity index (χ4v) is 4.29. The fourth-order valence-electron chi connectivity index (χ4n) is 2.77. The Morgan fingerprint density at radius 3 is 1.95 bits per heavy atom. The first-order valence-corrected chi connectivity index (χ1v) is 8.36. The highest BCUT2D eigenvalue weighted by atomic mass is 35.5. The maximum Gasteiger partial charge on any atom is 0.0584 e. The van der Waals surface area contributed by atoms with Crippen molar-refractivity contribution >= 4 is 33.0 Å². The van der Waals surface area contributed by atoms with Crippen LogP contribution in [0.4, 0.5) is 0 Å². The lowest BCUT2D eigenvalue weighted by Crippen LogP contribution is -1.79. The Bertz CT molecular complexity index is 924. The van der Waals surface area contributed by atoms with E-state index in [4.69, 9.17) is 11.6 Å². The molecule has 0 nitrogen and oxygen atoms in total. The third-order valence-corrected chi connectivity index (χ3v) is 5.48. The molecule has 106 valence electrons. The van der Waals surface area contributed by atoms with Gasteiger partial charge in [0.15, 0.2) is 0 Å². The van der Waals surface area contributed by atoms with Crippen molar-refractivity contribution in [3.05, 3.63) is 83.9 Å². The molecule has 0 unspecified atom stereocenters. The lowest BCUT2D eigenvalue weighted by Gasteiger charge is -2.05. The van der Waals surface area contributed by atoms with Gasteiger partial charge in [0.05, 0.1) is 9.72 Å². The summed E-state index contributed by atoms with van der Waals surface area (Å²) in [5.41, 5.74) is 3.74. The summed E-state index contributed by atoms with van der Waals surface area (Å²) in [6, 6.07) is 27.2. The van der Waals surface area contributed by atoms with Crippen LogP contribution in [-0.2, 0) is 0 Å². The second kappa shape index (κ2) is 5.60. The average molecular weight is 321 g/mol. The molecule has 0 bridgehead atoms. The Morgan fingerprint density at radius 1 is 0.636 bits per heavy atom. The van der Waals surface area contributed by atoms with Crippen molar-refractivity contribution in [2.75, 3.05) is 0 Å². The Labute approximate surface area is 138 Å². The molecule has 0 aliphatic rings. The molecule has 0 saturated heterocycles. The van der Waals surface area contributed by atoms with Gasteiger partial charge in [0.2, 0.25) is 0 Å². The van der Waals surface area contributed by atoms with Crippen LogP contribution in [0.1, 0.15) is 0 Å². The van der Waals surface area contributed by atoms with Crippen LogP contribution in [-0.4, -0.2) is 0 Å². The molecule has 0 N–H and O–H groups in total. The standard InChI is InChI=1S/C20H13ClS/c21-17-13-7-12-16-18(14-8-3-1-4-9-14)19(22-20(16)17)15-10-5-2-6-11-15/h1-13H. The lowest BCUT2D eigenvalue weighted by molar-refractivity contribution is 1.66. The molecule has 4 aromatic rings. The van der Waals surface area contributed by atoms with E-state index in [0.29, 0.717) is 0 Å². The van der Waals surface area contributed by atoms with Crippen molar-refractivity contribution in [3.63, 3.8) is 0 Å². The van der Waals surface area contributed by atoms with E-state index in [1.54, 1.807) is 11.3 Å². The minimum Gasteiger partial charge on any atom is -0.133 e. The van der Waals surface area contributed by atoms with Crippen LogP contribution < -0.4 is 0 Å². The lowest BCUT2D eigenvalue weighted by atomic mass is 9.99. The molecule has 0 radical (unpaired) electrons. The summed E-state index contributed by atoms with van der Waals surface area (Å²) in [7, 11) is 0. The Kier molecular flexibility index (Phi) is 3.45. The monoisotopic (exact) mass is 320 g/mol. The summed E-state index contributed by atoms with van der Waals surface area (Å²) in [5.74, 6) is 0. The number of hydrogen-bond donors (Lipinski definition) is 0. The molecule has 0 spiro atoms. The smallest absolute Gasteiger partial charge is 0.0584 e. The van der Waals surface area contributed by atoms with Crippen LogP contribution in [0.2, 0.25) is 5.02 Å². The Hall–Kier alpha value is -2.09. The van der Waals surface area contributed by atoms with Crippen molar-refractivity contribution in [2.24, 2.45) is 0 Å². The van der Waals surface area contributed by atoms with Gasteiger partial charge in [0.25, 0.3) is 0 Å². The molecule has 0 aliphatic carbocycles. The van der Waals surface area contributed by atoms with Gasteiger partial charge in [-0.3, -0.25) is 0 Å². The van der Waals surface area contributed by atoms with Gasteiger partial charge >= 0.3 is 0 Å². The first-order chi connectivity index (χ1) is 10.8. The largest absolute Gasteiger partial charge is 0.133 e. The molecule has 0 atom stereocenters. The molecule has 0 fully saturated rings. The van der Waals surface area contributed by atoms with Crippen molar-refractivity contribution in [3.8, 4) is 21.6 Å². The van der Waals surface area contributed by atoms with Gasteiger partial charge in [-0.15, -0.1) is 11.3 Å². The van der Waals surface area contributed by atoms with E-state index in [9.17, 15) is 0 Å². The van der Waals surface area contributed by atoms with E-state index in [1.165, 1.54) is 27.0 Å². The van der Waals surface area contributed by atoms with Crippen LogP contribution in [0.15, 0.2) is 78.9 Å². The molecule has 22 heavy (non-hydrogen) atoms. The zero-order valence-corrected chi connectivity index (χ0v) is 13.4. The Balaban J connectivity index is 2.10. The third-order valence-electron chi connectivity index (χ3n) is 3.77. The van der Waals surface area contributed by atoms with Gasteiger partial charge < -0.3 is 0 Å². The van der Waals surface area contributed by atoms with Crippen LogP contribution in [0.5, 0.6) is 0 Å². The maximum absolute atomic E-state index is 6.43. The maximum atomic E-state index is 6.43. The van der Waals surface area contributed by atoms with Crippen LogP contribution in [0, 0.1) is 0 Å². The fraction of sp³-hybridized carbons (Fsp3) is 0. The molecule has 0 amide bonds. The Morgan fingerprint density at radius 2 is 1.27 bits per heavy atom. The van der Waals surface area contributed by atoms with Gasteiger partial charge in [-0.1, -0.05) is 84.4 Å². The highest BCUT2D eigenvalue weighted by Gasteiger charge is 2.16. The van der Waals surface area contributed by atoms with E-state index >= 15 is 0 Å². The SMILES string of the molecule is Clc1cccc2c(-c3ccccc3)c(-c3ccccc3)sc12. The van der Waals surface area contributed by atoms with E-state index in [1.807, 2.05) is 24.3 Å². The molecule has 4 rings (SSSR count). The molecular weight excluding hydrogens is 308 g/mol. The van der Waals surface area contributed by atoms with Crippen molar-refractivity contribution < 1.29 is 0 Å². The first kappa shape index (κ1) is 13.6. The number of halogens is 1. The van der Waals surface area contributed by atoms with Crippen molar-refractivity contribution in [2.45, 2.75) is 0 Å². The molecule has 1 aromatic heterocycles. The van der Waals surface area contributed by atoms with Gasteiger partial charge in [0.1, 0.15) is 0 Å².